The Kier molecular flexibility index (Phi) is 5.92. The van der Waals surface area contributed by atoms with E-state index in [9.17, 15) is 21.8 Å². The highest BCUT2D eigenvalue weighted by molar-refractivity contribution is 7.83. The maximum Gasteiger partial charge on any atom is 0.417 e. The van der Waals surface area contributed by atoms with Gasteiger partial charge in [-0.05, 0) is 54.2 Å². The average molecular weight is 468 g/mol. The summed E-state index contributed by atoms with van der Waals surface area (Å²) < 4.78 is 71.3. The van der Waals surface area contributed by atoms with E-state index in [1.54, 1.807) is 6.07 Å². The molecule has 9 heteroatoms. The number of nitrogens with one attached hydrogen (secondary N) is 1. The van der Waals surface area contributed by atoms with Crippen LogP contribution in [0.25, 0.3) is 22.3 Å². The molecular formula is C23H25F4N3OS. The molecule has 0 spiro atoms. The molecule has 32 heavy (non-hydrogen) atoms. The van der Waals surface area contributed by atoms with Gasteiger partial charge in [0.1, 0.15) is 11.5 Å². The van der Waals surface area contributed by atoms with E-state index in [0.717, 1.165) is 35.9 Å². The predicted octanol–water partition coefficient (Wildman–Crippen LogP) is 5.82. The second-order valence-electron chi connectivity index (χ2n) is 9.42. The fourth-order valence-corrected chi connectivity index (χ4v) is 4.78. The van der Waals surface area contributed by atoms with Crippen molar-refractivity contribution in [3.63, 3.8) is 0 Å². The molecule has 2 heterocycles. The lowest BCUT2D eigenvalue weighted by atomic mass is 9.97. The van der Waals surface area contributed by atoms with Crippen LogP contribution in [0.1, 0.15) is 44.7 Å². The summed E-state index contributed by atoms with van der Waals surface area (Å²) in [6, 6.07) is 5.88. The van der Waals surface area contributed by atoms with Crippen molar-refractivity contribution in [2.45, 2.75) is 58.1 Å². The Morgan fingerprint density at radius 1 is 1.16 bits per heavy atom. The number of rotatable bonds is 6. The normalized spacial score (nSPS) is 16.0. The lowest BCUT2D eigenvalue weighted by molar-refractivity contribution is -0.137. The van der Waals surface area contributed by atoms with Crippen LogP contribution in [0.5, 0.6) is 0 Å². The molecule has 1 fully saturated rings. The van der Waals surface area contributed by atoms with E-state index in [-0.39, 0.29) is 21.9 Å². The second-order valence-corrected chi connectivity index (χ2v) is 11.0. The lowest BCUT2D eigenvalue weighted by Crippen LogP contribution is -2.19. The Morgan fingerprint density at radius 2 is 1.88 bits per heavy atom. The minimum atomic E-state index is -4.70. The van der Waals surface area contributed by atoms with Crippen LogP contribution in [-0.4, -0.2) is 19.0 Å². The summed E-state index contributed by atoms with van der Waals surface area (Å²) in [5, 5.41) is 0.982. The van der Waals surface area contributed by atoms with Crippen LogP contribution in [-0.2, 0) is 30.3 Å². The fraction of sp³-hybridized carbons (Fsp3) is 0.435. The van der Waals surface area contributed by atoms with E-state index in [0.29, 0.717) is 24.8 Å². The van der Waals surface area contributed by atoms with Gasteiger partial charge in [0.05, 0.1) is 22.2 Å². The zero-order valence-corrected chi connectivity index (χ0v) is 18.9. The number of benzene rings is 1. The molecule has 1 aliphatic carbocycles. The van der Waals surface area contributed by atoms with Crippen molar-refractivity contribution in [1.29, 1.82) is 0 Å². The first-order valence-electron chi connectivity index (χ1n) is 10.4. The third-order valence-electron chi connectivity index (χ3n) is 5.24. The summed E-state index contributed by atoms with van der Waals surface area (Å²) in [5.41, 5.74) is 0.229. The van der Waals surface area contributed by atoms with Crippen LogP contribution in [0.2, 0.25) is 0 Å². The molecule has 1 unspecified atom stereocenters. The van der Waals surface area contributed by atoms with Crippen molar-refractivity contribution >= 4 is 22.0 Å². The Balaban J connectivity index is 1.79. The molecule has 1 N–H and O–H groups in total. The van der Waals surface area contributed by atoms with Crippen LogP contribution in [0.4, 0.5) is 17.6 Å². The molecule has 0 aliphatic heterocycles. The van der Waals surface area contributed by atoms with Gasteiger partial charge in [0.25, 0.3) is 0 Å². The highest BCUT2D eigenvalue weighted by atomic mass is 32.2. The highest BCUT2D eigenvalue weighted by Crippen LogP contribution is 2.38. The third-order valence-corrected chi connectivity index (χ3v) is 6.75. The zero-order valence-electron chi connectivity index (χ0n) is 18.1. The molecule has 0 radical (unpaired) electrons. The Labute approximate surface area is 186 Å². The summed E-state index contributed by atoms with van der Waals surface area (Å²) in [6.45, 7) is 7.16. The number of pyridine rings is 1. The van der Waals surface area contributed by atoms with Crippen molar-refractivity contribution in [3.05, 3.63) is 53.5 Å². The SMILES string of the molecule is CC(C)(C)Cn1cc(CNS(=O)C2CC2)c2ccc(-c3ccc(F)cc3C(F)(F)F)nc21. The Bertz CT molecular complexity index is 1180. The Morgan fingerprint density at radius 3 is 2.50 bits per heavy atom. The highest BCUT2D eigenvalue weighted by Gasteiger charge is 2.35. The number of aromatic nitrogens is 2. The maximum atomic E-state index is 13.6. The van der Waals surface area contributed by atoms with Crippen LogP contribution in [0, 0.1) is 11.2 Å². The molecule has 4 nitrogen and oxygen atoms in total. The van der Waals surface area contributed by atoms with Gasteiger partial charge < -0.3 is 4.57 Å². The van der Waals surface area contributed by atoms with E-state index in [1.807, 2.05) is 10.8 Å². The zero-order chi connectivity index (χ0) is 23.3. The largest absolute Gasteiger partial charge is 0.417 e. The van der Waals surface area contributed by atoms with Gasteiger partial charge in [-0.3, -0.25) is 0 Å². The number of fused-ring (bicyclic) bond motifs is 1. The average Bonchev–Trinajstić information content (AvgIpc) is 3.49. The molecule has 172 valence electrons. The molecule has 0 bridgehead atoms. The molecule has 0 amide bonds. The second kappa shape index (κ2) is 8.26. The van der Waals surface area contributed by atoms with Crippen LogP contribution >= 0.6 is 0 Å². The third kappa shape index (κ3) is 5.04. The van der Waals surface area contributed by atoms with Crippen molar-refractivity contribution in [1.82, 2.24) is 14.3 Å². The lowest BCUT2D eigenvalue weighted by Gasteiger charge is -2.19. The van der Waals surface area contributed by atoms with E-state index < -0.39 is 28.5 Å². The predicted molar refractivity (Wildman–Crippen MR) is 118 cm³/mol. The van der Waals surface area contributed by atoms with E-state index in [4.69, 9.17) is 0 Å². The molecule has 0 saturated heterocycles. The molecule has 1 aliphatic rings. The van der Waals surface area contributed by atoms with Crippen molar-refractivity contribution in [2.75, 3.05) is 0 Å². The summed E-state index contributed by atoms with van der Waals surface area (Å²) in [5.74, 6) is -0.949. The number of halogens is 4. The molecule has 1 saturated carbocycles. The van der Waals surface area contributed by atoms with Gasteiger partial charge in [-0.25, -0.2) is 18.3 Å². The number of hydrogen-bond donors (Lipinski definition) is 1. The molecule has 1 atom stereocenters. The van der Waals surface area contributed by atoms with Gasteiger partial charge in [-0.15, -0.1) is 0 Å². The van der Waals surface area contributed by atoms with Crippen LogP contribution in [0.15, 0.2) is 36.5 Å². The standard InChI is InChI=1S/C23H25F4N3OS/c1-22(2,3)13-30-12-14(11-28-32(31)16-5-6-16)17-8-9-20(29-21(17)30)18-7-4-15(24)10-19(18)23(25,26)27/h4,7-10,12,16,28H,5-6,11,13H2,1-3H3. The van der Waals surface area contributed by atoms with E-state index in [1.165, 1.54) is 6.07 Å². The monoisotopic (exact) mass is 467 g/mol. The minimum Gasteiger partial charge on any atom is -0.332 e. The molecule has 2 aromatic heterocycles. The molecule has 3 aromatic rings. The molecular weight excluding hydrogens is 442 g/mol. The summed E-state index contributed by atoms with van der Waals surface area (Å²) in [6.07, 6.45) is -0.881. The summed E-state index contributed by atoms with van der Waals surface area (Å²) >= 11 is 0. The first-order valence-corrected chi connectivity index (χ1v) is 11.6. The molecule has 1 aromatic carbocycles. The number of hydrogen-bond acceptors (Lipinski definition) is 2. The number of alkyl halides is 3. The van der Waals surface area contributed by atoms with Gasteiger partial charge in [0.15, 0.2) is 0 Å². The van der Waals surface area contributed by atoms with Gasteiger partial charge in [0.2, 0.25) is 0 Å². The van der Waals surface area contributed by atoms with E-state index >= 15 is 0 Å². The maximum absolute atomic E-state index is 13.6. The topological polar surface area (TPSA) is 46.9 Å². The van der Waals surface area contributed by atoms with E-state index in [2.05, 4.69) is 30.5 Å². The fourth-order valence-electron chi connectivity index (χ4n) is 3.68. The number of nitrogens with zero attached hydrogens (tertiary/aromatic N) is 2. The minimum absolute atomic E-state index is 0.0990. The first-order chi connectivity index (χ1) is 14.9. The molecule has 4 rings (SSSR count). The van der Waals surface area contributed by atoms with Gasteiger partial charge in [-0.2, -0.15) is 13.2 Å². The van der Waals surface area contributed by atoms with Crippen molar-refractivity contribution in [3.8, 4) is 11.3 Å². The van der Waals surface area contributed by atoms with Gasteiger partial charge >= 0.3 is 6.18 Å². The summed E-state index contributed by atoms with van der Waals surface area (Å²) in [7, 11) is -1.10. The van der Waals surface area contributed by atoms with Crippen molar-refractivity contribution < 1.29 is 21.8 Å². The Hall–Kier alpha value is -2.26. The van der Waals surface area contributed by atoms with Crippen molar-refractivity contribution in [2.24, 2.45) is 5.41 Å². The van der Waals surface area contributed by atoms with Gasteiger partial charge in [-0.1, -0.05) is 20.8 Å². The van der Waals surface area contributed by atoms with Crippen LogP contribution in [0.3, 0.4) is 0 Å². The van der Waals surface area contributed by atoms with Crippen LogP contribution < -0.4 is 4.72 Å². The van der Waals surface area contributed by atoms with Gasteiger partial charge in [0, 0.05) is 35.5 Å². The quantitative estimate of drug-likeness (QED) is 0.464. The summed E-state index contributed by atoms with van der Waals surface area (Å²) in [4.78, 5) is 4.57. The first kappa shape index (κ1) is 22.9. The smallest absolute Gasteiger partial charge is 0.332 e.